The molecular weight excluding hydrogens is 274 g/mol. The van der Waals surface area contributed by atoms with E-state index in [0.717, 1.165) is 56.4 Å². The van der Waals surface area contributed by atoms with Gasteiger partial charge < -0.3 is 14.8 Å². The quantitative estimate of drug-likeness (QED) is 0.524. The zero-order chi connectivity index (χ0) is 14.8. The van der Waals surface area contributed by atoms with Gasteiger partial charge in [0.25, 0.3) is 0 Å². The summed E-state index contributed by atoms with van der Waals surface area (Å²) in [5, 5.41) is 4.01. The van der Waals surface area contributed by atoms with Crippen LogP contribution in [-0.4, -0.2) is 48.9 Å². The number of hydrogen-bond acceptors (Lipinski definition) is 5. The molecule has 1 fully saturated rings. The van der Waals surface area contributed by atoms with Crippen molar-refractivity contribution in [1.82, 2.24) is 5.32 Å². The van der Waals surface area contributed by atoms with Crippen LogP contribution >= 0.6 is 11.8 Å². The highest BCUT2D eigenvalue weighted by Crippen LogP contribution is 2.24. The summed E-state index contributed by atoms with van der Waals surface area (Å²) in [5.41, 5.74) is -0.541. The first-order chi connectivity index (χ1) is 9.62. The third kappa shape index (κ3) is 6.02. The van der Waals surface area contributed by atoms with Crippen LogP contribution in [-0.2, 0) is 14.3 Å². The predicted octanol–water partition coefficient (Wildman–Crippen LogP) is 2.61. The molecule has 0 spiro atoms. The molecule has 1 saturated heterocycles. The molecule has 0 aromatic rings. The minimum absolute atomic E-state index is 0.127. The number of carbonyl (C=O) groups excluding carboxylic acids is 1. The number of esters is 1. The maximum atomic E-state index is 12.0. The summed E-state index contributed by atoms with van der Waals surface area (Å²) in [7, 11) is 0. The van der Waals surface area contributed by atoms with Gasteiger partial charge in [0, 0.05) is 18.5 Å². The van der Waals surface area contributed by atoms with E-state index in [1.54, 1.807) is 0 Å². The van der Waals surface area contributed by atoms with Crippen molar-refractivity contribution in [2.24, 2.45) is 0 Å². The van der Waals surface area contributed by atoms with E-state index in [4.69, 9.17) is 9.47 Å². The van der Waals surface area contributed by atoms with E-state index >= 15 is 0 Å². The van der Waals surface area contributed by atoms with Crippen LogP contribution in [0, 0.1) is 0 Å². The standard InChI is InChI=1S/C15H29NO3S/c1-4-16-15(3,14(17)19-5-2)9-6-12-20-13-7-10-18-11-8-13/h13,16H,4-12H2,1-3H3. The van der Waals surface area contributed by atoms with E-state index in [1.165, 1.54) is 0 Å². The Balaban J connectivity index is 2.28. The van der Waals surface area contributed by atoms with E-state index in [9.17, 15) is 4.79 Å². The summed E-state index contributed by atoms with van der Waals surface area (Å²) in [6.45, 7) is 8.84. The number of likely N-dealkylation sites (N-methyl/N-ethyl adjacent to an activating group) is 1. The van der Waals surface area contributed by atoms with E-state index in [0.29, 0.717) is 6.61 Å². The van der Waals surface area contributed by atoms with Crippen LogP contribution < -0.4 is 5.32 Å². The molecule has 0 aliphatic carbocycles. The number of carbonyl (C=O) groups is 1. The van der Waals surface area contributed by atoms with Crippen molar-refractivity contribution in [2.45, 2.75) is 57.2 Å². The Hall–Kier alpha value is -0.260. The van der Waals surface area contributed by atoms with Crippen LogP contribution in [0.3, 0.4) is 0 Å². The van der Waals surface area contributed by atoms with Crippen LogP contribution in [0.2, 0.25) is 0 Å². The number of nitrogens with one attached hydrogen (secondary N) is 1. The minimum atomic E-state index is -0.541. The second-order valence-corrected chi connectivity index (χ2v) is 6.78. The third-order valence-electron chi connectivity index (χ3n) is 3.64. The van der Waals surface area contributed by atoms with Gasteiger partial charge in [-0.2, -0.15) is 11.8 Å². The van der Waals surface area contributed by atoms with E-state index < -0.39 is 5.54 Å². The van der Waals surface area contributed by atoms with Crippen molar-refractivity contribution in [2.75, 3.05) is 32.1 Å². The van der Waals surface area contributed by atoms with E-state index in [-0.39, 0.29) is 5.97 Å². The largest absolute Gasteiger partial charge is 0.465 e. The molecule has 4 nitrogen and oxygen atoms in total. The topological polar surface area (TPSA) is 47.6 Å². The van der Waals surface area contributed by atoms with Crippen molar-refractivity contribution in [3.63, 3.8) is 0 Å². The lowest BCUT2D eigenvalue weighted by atomic mass is 9.96. The maximum absolute atomic E-state index is 12.0. The van der Waals surface area contributed by atoms with Gasteiger partial charge in [-0.3, -0.25) is 4.79 Å². The lowest BCUT2D eigenvalue weighted by molar-refractivity contribution is -0.150. The van der Waals surface area contributed by atoms with Gasteiger partial charge in [-0.05, 0) is 51.8 Å². The molecule has 118 valence electrons. The molecule has 1 N–H and O–H groups in total. The summed E-state index contributed by atoms with van der Waals surface area (Å²) < 4.78 is 10.5. The number of hydrogen-bond donors (Lipinski definition) is 1. The van der Waals surface area contributed by atoms with Crippen molar-refractivity contribution in [3.05, 3.63) is 0 Å². The van der Waals surface area contributed by atoms with Crippen LogP contribution in [0.5, 0.6) is 0 Å². The lowest BCUT2D eigenvalue weighted by Gasteiger charge is -2.28. The second kappa shape index (κ2) is 9.64. The Kier molecular flexibility index (Phi) is 8.57. The third-order valence-corrected chi connectivity index (χ3v) is 5.10. The van der Waals surface area contributed by atoms with Crippen LogP contribution in [0.4, 0.5) is 0 Å². The molecule has 1 aliphatic rings. The average molecular weight is 303 g/mol. The average Bonchev–Trinajstić information content (AvgIpc) is 2.45. The Labute approximate surface area is 127 Å². The van der Waals surface area contributed by atoms with Gasteiger partial charge in [0.2, 0.25) is 0 Å². The van der Waals surface area contributed by atoms with Crippen LogP contribution in [0.15, 0.2) is 0 Å². The second-order valence-electron chi connectivity index (χ2n) is 5.37. The minimum Gasteiger partial charge on any atom is -0.465 e. The molecule has 0 saturated carbocycles. The summed E-state index contributed by atoms with van der Waals surface area (Å²) in [5.74, 6) is 0.975. The first kappa shape index (κ1) is 17.8. The molecule has 1 unspecified atom stereocenters. The first-order valence-corrected chi connectivity index (χ1v) is 8.79. The fourth-order valence-corrected chi connectivity index (χ4v) is 3.63. The Morgan fingerprint density at radius 3 is 2.70 bits per heavy atom. The summed E-state index contributed by atoms with van der Waals surface area (Å²) in [6.07, 6.45) is 4.18. The summed E-state index contributed by atoms with van der Waals surface area (Å²) in [4.78, 5) is 12.0. The van der Waals surface area contributed by atoms with Gasteiger partial charge in [-0.25, -0.2) is 0 Å². The smallest absolute Gasteiger partial charge is 0.326 e. The van der Waals surface area contributed by atoms with E-state index in [1.807, 2.05) is 32.5 Å². The zero-order valence-electron chi connectivity index (χ0n) is 13.1. The highest BCUT2D eigenvalue weighted by molar-refractivity contribution is 7.99. The monoisotopic (exact) mass is 303 g/mol. The molecule has 5 heteroatoms. The van der Waals surface area contributed by atoms with Crippen molar-refractivity contribution >= 4 is 17.7 Å². The zero-order valence-corrected chi connectivity index (χ0v) is 13.9. The molecule has 20 heavy (non-hydrogen) atoms. The van der Waals surface area contributed by atoms with Crippen molar-refractivity contribution in [1.29, 1.82) is 0 Å². The number of ether oxygens (including phenoxy) is 2. The summed E-state index contributed by atoms with van der Waals surface area (Å²) in [6, 6.07) is 0. The normalized spacial score (nSPS) is 19.6. The highest BCUT2D eigenvalue weighted by atomic mass is 32.2. The van der Waals surface area contributed by atoms with Gasteiger partial charge in [0.15, 0.2) is 0 Å². The fourth-order valence-electron chi connectivity index (χ4n) is 2.46. The maximum Gasteiger partial charge on any atom is 0.326 e. The Bertz CT molecular complexity index is 282. The number of thioether (sulfide) groups is 1. The van der Waals surface area contributed by atoms with Crippen molar-refractivity contribution in [3.8, 4) is 0 Å². The lowest BCUT2D eigenvalue weighted by Crippen LogP contribution is -2.50. The Morgan fingerprint density at radius 1 is 1.40 bits per heavy atom. The fraction of sp³-hybridized carbons (Fsp3) is 0.933. The molecular formula is C15H29NO3S. The molecule has 1 heterocycles. The predicted molar refractivity (Wildman–Crippen MR) is 84.2 cm³/mol. The molecule has 0 amide bonds. The molecule has 0 aromatic heterocycles. The van der Waals surface area contributed by atoms with Gasteiger partial charge in [-0.15, -0.1) is 0 Å². The van der Waals surface area contributed by atoms with Crippen LogP contribution in [0.1, 0.15) is 46.5 Å². The molecule has 1 atom stereocenters. The Morgan fingerprint density at radius 2 is 2.10 bits per heavy atom. The highest BCUT2D eigenvalue weighted by Gasteiger charge is 2.33. The molecule has 0 bridgehead atoms. The molecule has 1 rings (SSSR count). The van der Waals surface area contributed by atoms with Crippen molar-refractivity contribution < 1.29 is 14.3 Å². The first-order valence-electron chi connectivity index (χ1n) is 7.74. The van der Waals surface area contributed by atoms with Crippen LogP contribution in [0.25, 0.3) is 0 Å². The summed E-state index contributed by atoms with van der Waals surface area (Å²) >= 11 is 2.02. The number of rotatable bonds is 9. The van der Waals surface area contributed by atoms with Gasteiger partial charge in [0.05, 0.1) is 6.61 Å². The van der Waals surface area contributed by atoms with Gasteiger partial charge in [-0.1, -0.05) is 6.92 Å². The molecule has 0 aromatic carbocycles. The van der Waals surface area contributed by atoms with Gasteiger partial charge >= 0.3 is 5.97 Å². The van der Waals surface area contributed by atoms with Gasteiger partial charge in [0.1, 0.15) is 5.54 Å². The van der Waals surface area contributed by atoms with E-state index in [2.05, 4.69) is 5.32 Å². The SMILES string of the molecule is CCNC(C)(CCCSC1CCOCC1)C(=O)OCC. The molecule has 1 aliphatic heterocycles. The molecule has 0 radical (unpaired) electrons.